The number of anilines is 1. The van der Waals surface area contributed by atoms with E-state index in [1.807, 2.05) is 12.2 Å². The third kappa shape index (κ3) is 4.51. The summed E-state index contributed by atoms with van der Waals surface area (Å²) in [7, 11) is 0. The van der Waals surface area contributed by atoms with Gasteiger partial charge < -0.3 is 10.1 Å². The van der Waals surface area contributed by atoms with Gasteiger partial charge >= 0.3 is 5.97 Å². The van der Waals surface area contributed by atoms with Gasteiger partial charge in [-0.05, 0) is 18.9 Å². The van der Waals surface area contributed by atoms with Gasteiger partial charge in [-0.25, -0.2) is 4.98 Å². The number of esters is 1. The largest absolute Gasteiger partial charge is 0.456 e. The number of aromatic nitrogens is 1. The van der Waals surface area contributed by atoms with E-state index in [2.05, 4.69) is 10.3 Å². The zero-order valence-electron chi connectivity index (χ0n) is 14.7. The second-order valence-electron chi connectivity index (χ2n) is 6.43. The minimum absolute atomic E-state index is 0.0598. The van der Waals surface area contributed by atoms with Crippen LogP contribution in [-0.4, -0.2) is 46.7 Å². The molecule has 1 N–H and O–H groups in total. The summed E-state index contributed by atoms with van der Waals surface area (Å²) in [4.78, 5) is 53.3. The van der Waals surface area contributed by atoms with E-state index in [4.69, 9.17) is 27.9 Å². The Balaban J connectivity index is 1.44. The summed E-state index contributed by atoms with van der Waals surface area (Å²) in [5.41, 5.74) is 0. The third-order valence-corrected chi connectivity index (χ3v) is 5.06. The van der Waals surface area contributed by atoms with Crippen molar-refractivity contribution in [3.63, 3.8) is 0 Å². The Bertz CT molecular complexity index is 832. The number of halogens is 2. The van der Waals surface area contributed by atoms with Gasteiger partial charge in [0.25, 0.3) is 5.91 Å². The molecule has 8 nitrogen and oxygen atoms in total. The number of rotatable bonds is 6. The van der Waals surface area contributed by atoms with Gasteiger partial charge in [-0.3, -0.25) is 24.1 Å². The number of fused-ring (bicyclic) bond motifs is 1. The molecule has 1 saturated heterocycles. The maximum absolute atomic E-state index is 12.3. The van der Waals surface area contributed by atoms with Crippen molar-refractivity contribution in [1.82, 2.24) is 9.88 Å². The van der Waals surface area contributed by atoms with E-state index in [1.54, 1.807) is 0 Å². The predicted molar refractivity (Wildman–Crippen MR) is 101 cm³/mol. The Morgan fingerprint density at radius 1 is 1.18 bits per heavy atom. The van der Waals surface area contributed by atoms with E-state index in [-0.39, 0.29) is 47.5 Å². The van der Waals surface area contributed by atoms with Crippen LogP contribution in [0.3, 0.4) is 0 Å². The average molecular weight is 426 g/mol. The smallest absolute Gasteiger partial charge is 0.308 e. The van der Waals surface area contributed by atoms with Crippen molar-refractivity contribution < 1.29 is 23.9 Å². The number of likely N-dealkylation sites (tertiary alicyclic amines) is 1. The summed E-state index contributed by atoms with van der Waals surface area (Å²) in [5, 5.41) is 2.86. The molecule has 1 fully saturated rings. The molecular formula is C18H17Cl2N3O5. The second-order valence-corrected chi connectivity index (χ2v) is 7.27. The lowest BCUT2D eigenvalue weighted by Crippen LogP contribution is -2.33. The molecule has 0 aromatic carbocycles. The first-order valence-electron chi connectivity index (χ1n) is 8.63. The fraction of sp³-hybridized carbons (Fsp3) is 0.389. The summed E-state index contributed by atoms with van der Waals surface area (Å²) < 4.78 is 4.88. The normalized spacial score (nSPS) is 20.9. The van der Waals surface area contributed by atoms with Gasteiger partial charge in [-0.15, -0.1) is 0 Å². The van der Waals surface area contributed by atoms with Crippen molar-refractivity contribution in [2.45, 2.75) is 19.3 Å². The molecule has 0 spiro atoms. The zero-order chi connectivity index (χ0) is 20.3. The molecule has 0 unspecified atom stereocenters. The summed E-state index contributed by atoms with van der Waals surface area (Å²) >= 11 is 11.6. The van der Waals surface area contributed by atoms with Gasteiger partial charge in [0.1, 0.15) is 0 Å². The molecule has 2 aliphatic rings. The highest BCUT2D eigenvalue weighted by atomic mass is 35.5. The highest BCUT2D eigenvalue weighted by Crippen LogP contribution is 2.35. The molecule has 2 heterocycles. The molecule has 2 atom stereocenters. The Morgan fingerprint density at radius 3 is 2.43 bits per heavy atom. The van der Waals surface area contributed by atoms with Crippen molar-refractivity contribution >= 4 is 52.7 Å². The van der Waals surface area contributed by atoms with Crippen LogP contribution in [0.2, 0.25) is 10.0 Å². The Labute approximate surface area is 170 Å². The first-order chi connectivity index (χ1) is 13.4. The van der Waals surface area contributed by atoms with Crippen molar-refractivity contribution in [1.29, 1.82) is 0 Å². The number of nitrogens with zero attached hydrogens (tertiary/aromatic N) is 2. The lowest BCUT2D eigenvalue weighted by molar-refractivity contribution is -0.148. The molecule has 0 bridgehead atoms. The van der Waals surface area contributed by atoms with Crippen LogP contribution < -0.4 is 5.32 Å². The summed E-state index contributed by atoms with van der Waals surface area (Å²) in [6.45, 7) is -0.605. The molecule has 1 aromatic heterocycles. The molecule has 3 rings (SSSR count). The highest BCUT2D eigenvalue weighted by Gasteiger charge is 2.46. The quantitative estimate of drug-likeness (QED) is 0.425. The van der Waals surface area contributed by atoms with Crippen molar-refractivity contribution in [3.05, 3.63) is 34.5 Å². The summed E-state index contributed by atoms with van der Waals surface area (Å²) in [5.74, 6) is -2.42. The predicted octanol–water partition coefficient (Wildman–Crippen LogP) is 2.21. The number of hydrogen-bond acceptors (Lipinski definition) is 6. The second kappa shape index (κ2) is 8.70. The van der Waals surface area contributed by atoms with E-state index in [1.165, 1.54) is 12.3 Å². The van der Waals surface area contributed by atoms with E-state index >= 15 is 0 Å². The molecule has 10 heteroatoms. The number of imide groups is 1. The first-order valence-corrected chi connectivity index (χ1v) is 9.39. The fourth-order valence-corrected chi connectivity index (χ4v) is 3.61. The van der Waals surface area contributed by atoms with E-state index in [9.17, 15) is 19.2 Å². The molecule has 3 amide bonds. The van der Waals surface area contributed by atoms with Crippen LogP contribution in [0.4, 0.5) is 5.82 Å². The minimum atomic E-state index is -0.695. The summed E-state index contributed by atoms with van der Waals surface area (Å²) in [6.07, 6.45) is 5.99. The number of carbonyl (C=O) groups is 4. The number of nitrogens with one attached hydrogen (secondary N) is 1. The lowest BCUT2D eigenvalue weighted by atomic mass is 9.85. The fourth-order valence-electron chi connectivity index (χ4n) is 3.19. The number of pyridine rings is 1. The maximum atomic E-state index is 12.3. The SMILES string of the molecule is O=C(COC(=O)CCN1C(=O)[C@H]2CC=CC[C@@H]2C1=O)Nc1ncc(Cl)cc1Cl. The highest BCUT2D eigenvalue weighted by molar-refractivity contribution is 6.36. The van der Waals surface area contributed by atoms with Crippen molar-refractivity contribution in [2.24, 2.45) is 11.8 Å². The Hall–Kier alpha value is -2.45. The zero-order valence-corrected chi connectivity index (χ0v) is 16.2. The van der Waals surface area contributed by atoms with Gasteiger partial charge in [-0.2, -0.15) is 0 Å². The molecule has 148 valence electrons. The van der Waals surface area contributed by atoms with Crippen LogP contribution >= 0.6 is 23.2 Å². The Kier molecular flexibility index (Phi) is 6.31. The lowest BCUT2D eigenvalue weighted by Gasteiger charge is -2.14. The molecule has 1 aromatic rings. The van der Waals surface area contributed by atoms with Crippen LogP contribution in [-0.2, 0) is 23.9 Å². The topological polar surface area (TPSA) is 106 Å². The summed E-state index contributed by atoms with van der Waals surface area (Å²) in [6, 6.07) is 1.41. The maximum Gasteiger partial charge on any atom is 0.308 e. The molecule has 0 saturated carbocycles. The van der Waals surface area contributed by atoms with Gasteiger partial charge in [0.15, 0.2) is 12.4 Å². The van der Waals surface area contributed by atoms with E-state index < -0.39 is 18.5 Å². The van der Waals surface area contributed by atoms with Crippen LogP contribution in [0.5, 0.6) is 0 Å². The van der Waals surface area contributed by atoms with Crippen LogP contribution in [0.25, 0.3) is 0 Å². The number of allylic oxidation sites excluding steroid dienone is 2. The standard InChI is InChI=1S/C18H17Cl2N3O5/c19-10-7-13(20)16(21-8-10)22-14(24)9-28-15(25)5-6-23-17(26)11-3-1-2-4-12(11)18(23)27/h1-2,7-8,11-12H,3-6,9H2,(H,21,22,24)/t11-,12-/m0/s1. The molecule has 1 aliphatic carbocycles. The number of amides is 3. The minimum Gasteiger partial charge on any atom is -0.456 e. The number of ether oxygens (including phenoxy) is 1. The van der Waals surface area contributed by atoms with Gasteiger partial charge in [0.2, 0.25) is 11.8 Å². The van der Waals surface area contributed by atoms with Crippen LogP contribution in [0.1, 0.15) is 19.3 Å². The molecule has 0 radical (unpaired) electrons. The molecule has 28 heavy (non-hydrogen) atoms. The van der Waals surface area contributed by atoms with Gasteiger partial charge in [-0.1, -0.05) is 35.4 Å². The average Bonchev–Trinajstić information content (AvgIpc) is 2.91. The van der Waals surface area contributed by atoms with E-state index in [0.29, 0.717) is 17.9 Å². The monoisotopic (exact) mass is 425 g/mol. The van der Waals surface area contributed by atoms with Crippen LogP contribution in [0.15, 0.2) is 24.4 Å². The van der Waals surface area contributed by atoms with Crippen molar-refractivity contribution in [3.8, 4) is 0 Å². The number of carbonyl (C=O) groups excluding carboxylic acids is 4. The van der Waals surface area contributed by atoms with E-state index in [0.717, 1.165) is 4.90 Å². The third-order valence-electron chi connectivity index (χ3n) is 4.57. The molecule has 1 aliphatic heterocycles. The first kappa shape index (κ1) is 20.3. The van der Waals surface area contributed by atoms with Crippen LogP contribution in [0, 0.1) is 11.8 Å². The number of hydrogen-bond donors (Lipinski definition) is 1. The van der Waals surface area contributed by atoms with Gasteiger partial charge in [0, 0.05) is 12.7 Å². The Morgan fingerprint density at radius 2 is 1.82 bits per heavy atom. The molecular weight excluding hydrogens is 409 g/mol. The van der Waals surface area contributed by atoms with Crippen molar-refractivity contribution in [2.75, 3.05) is 18.5 Å². The van der Waals surface area contributed by atoms with Gasteiger partial charge in [0.05, 0.1) is 28.3 Å².